The number of ether oxygens (including phenoxy) is 3. The van der Waals surface area contributed by atoms with Crippen LogP contribution in [0.25, 0.3) is 10.9 Å². The molecule has 40 heavy (non-hydrogen) atoms. The summed E-state index contributed by atoms with van der Waals surface area (Å²) in [5.41, 5.74) is 1.59. The third-order valence-electron chi connectivity index (χ3n) is 7.23. The van der Waals surface area contributed by atoms with Gasteiger partial charge < -0.3 is 40.1 Å². The number of nitrogens with one attached hydrogen (secondary N) is 4. The maximum absolute atomic E-state index is 13.1. The number of fused-ring (bicyclic) bond motifs is 2. The number of aromatic nitrogens is 1. The zero-order chi connectivity index (χ0) is 28.4. The van der Waals surface area contributed by atoms with Crippen molar-refractivity contribution in [2.24, 2.45) is 5.92 Å². The van der Waals surface area contributed by atoms with E-state index in [-0.39, 0.29) is 47.3 Å². The van der Waals surface area contributed by atoms with Crippen molar-refractivity contribution in [1.29, 1.82) is 5.41 Å². The van der Waals surface area contributed by atoms with E-state index in [9.17, 15) is 23.4 Å². The molecule has 2 fully saturated rings. The average Bonchev–Trinajstić information content (AvgIpc) is 3.62. The zero-order valence-electron chi connectivity index (χ0n) is 21.8. The summed E-state index contributed by atoms with van der Waals surface area (Å²) >= 11 is 0. The maximum atomic E-state index is 13.1. The number of aromatic amines is 1. The van der Waals surface area contributed by atoms with Crippen LogP contribution >= 0.6 is 0 Å². The lowest BCUT2D eigenvalue weighted by Crippen LogP contribution is -2.50. The van der Waals surface area contributed by atoms with E-state index >= 15 is 0 Å². The standard InChI is InChI=1S/C27H32N4O8S/c1-15(28)24-19-12-17(7-8-20(19)30-25(24)33)40(35,36)29-13-22(32)21(11-16-5-3-2-4-6-16)31-27(34)39-23-14-38-26-18(23)9-10-37-26/h2-8,12,18,21-23,26,28-30,32-33H,9-11,13-14H2,1H3,(H,31,34). The van der Waals surface area contributed by atoms with Gasteiger partial charge in [-0.05, 0) is 43.5 Å². The number of hydrogen-bond donors (Lipinski definition) is 6. The lowest BCUT2D eigenvalue weighted by molar-refractivity contribution is -0.0907. The molecule has 13 heteroatoms. The van der Waals surface area contributed by atoms with Gasteiger partial charge in [-0.1, -0.05) is 30.3 Å². The van der Waals surface area contributed by atoms with Crippen LogP contribution in [0, 0.1) is 11.3 Å². The predicted octanol–water partition coefficient (Wildman–Crippen LogP) is 2.00. The number of H-pyrrole nitrogens is 1. The van der Waals surface area contributed by atoms with Crippen molar-refractivity contribution in [3.8, 4) is 5.88 Å². The molecule has 5 rings (SSSR count). The second kappa shape index (κ2) is 11.6. The van der Waals surface area contributed by atoms with Gasteiger partial charge in [-0.15, -0.1) is 0 Å². The largest absolute Gasteiger partial charge is 0.494 e. The van der Waals surface area contributed by atoms with Gasteiger partial charge in [-0.3, -0.25) is 0 Å². The van der Waals surface area contributed by atoms with E-state index < -0.39 is 40.9 Å². The van der Waals surface area contributed by atoms with Crippen molar-refractivity contribution in [3.05, 3.63) is 59.7 Å². The van der Waals surface area contributed by atoms with Crippen molar-refractivity contribution in [2.45, 2.75) is 49.2 Å². The smallest absolute Gasteiger partial charge is 0.407 e. The minimum absolute atomic E-state index is 0.0497. The predicted molar refractivity (Wildman–Crippen MR) is 145 cm³/mol. The number of aromatic hydroxyl groups is 1. The molecule has 2 aliphatic rings. The van der Waals surface area contributed by atoms with Gasteiger partial charge in [0.25, 0.3) is 0 Å². The number of carbonyl (C=O) groups is 1. The van der Waals surface area contributed by atoms with Gasteiger partial charge in [0.2, 0.25) is 10.0 Å². The van der Waals surface area contributed by atoms with Gasteiger partial charge in [0, 0.05) is 23.2 Å². The maximum Gasteiger partial charge on any atom is 0.407 e. The second-order valence-electron chi connectivity index (χ2n) is 10.0. The first-order valence-corrected chi connectivity index (χ1v) is 14.4. The van der Waals surface area contributed by atoms with Crippen LogP contribution in [0.3, 0.4) is 0 Å². The molecule has 2 aliphatic heterocycles. The monoisotopic (exact) mass is 572 g/mol. The van der Waals surface area contributed by atoms with Crippen molar-refractivity contribution in [3.63, 3.8) is 0 Å². The molecule has 0 saturated carbocycles. The number of carbonyl (C=O) groups excluding carboxylic acids is 1. The summed E-state index contributed by atoms with van der Waals surface area (Å²) in [5, 5.41) is 32.1. The normalized spacial score (nSPS) is 22.1. The summed E-state index contributed by atoms with van der Waals surface area (Å²) in [7, 11) is -4.09. The molecule has 1 amide bonds. The van der Waals surface area contributed by atoms with Crippen molar-refractivity contribution < 1.29 is 37.6 Å². The molecule has 3 heterocycles. The molecule has 0 bridgehead atoms. The molecule has 2 saturated heterocycles. The van der Waals surface area contributed by atoms with E-state index in [4.69, 9.17) is 19.6 Å². The molecule has 1 aromatic heterocycles. The molecule has 2 aromatic carbocycles. The summed E-state index contributed by atoms with van der Waals surface area (Å²) in [6, 6.07) is 12.5. The number of aliphatic hydroxyl groups is 1. The molecule has 0 aliphatic carbocycles. The van der Waals surface area contributed by atoms with Gasteiger partial charge >= 0.3 is 6.09 Å². The molecule has 0 radical (unpaired) electrons. The second-order valence-corrected chi connectivity index (χ2v) is 11.8. The molecule has 3 aromatic rings. The highest BCUT2D eigenvalue weighted by Crippen LogP contribution is 2.33. The fraction of sp³-hybridized carbons (Fsp3) is 0.407. The van der Waals surface area contributed by atoms with Crippen LogP contribution in [0.15, 0.2) is 53.4 Å². The van der Waals surface area contributed by atoms with E-state index in [1.54, 1.807) is 0 Å². The summed E-state index contributed by atoms with van der Waals surface area (Å²) in [6.07, 6.45) is -1.95. The molecule has 5 unspecified atom stereocenters. The Hall–Kier alpha value is -3.49. The Morgan fingerprint density at radius 1 is 1.23 bits per heavy atom. The fourth-order valence-corrected chi connectivity index (χ4v) is 6.22. The number of hydrogen-bond acceptors (Lipinski definition) is 9. The Morgan fingerprint density at radius 3 is 2.75 bits per heavy atom. The van der Waals surface area contributed by atoms with Gasteiger partial charge in [0.15, 0.2) is 12.2 Å². The van der Waals surface area contributed by atoms with E-state index in [2.05, 4.69) is 15.0 Å². The summed E-state index contributed by atoms with van der Waals surface area (Å²) in [4.78, 5) is 15.4. The highest BCUT2D eigenvalue weighted by molar-refractivity contribution is 7.89. The van der Waals surface area contributed by atoms with Crippen LogP contribution in [0.5, 0.6) is 5.88 Å². The van der Waals surface area contributed by atoms with E-state index in [0.29, 0.717) is 17.5 Å². The highest BCUT2D eigenvalue weighted by Gasteiger charge is 2.44. The fourth-order valence-electron chi connectivity index (χ4n) is 5.15. The van der Waals surface area contributed by atoms with Crippen LogP contribution in [-0.2, 0) is 30.7 Å². The topological polar surface area (TPSA) is 183 Å². The molecule has 214 valence electrons. The van der Waals surface area contributed by atoms with Gasteiger partial charge in [-0.25, -0.2) is 17.9 Å². The van der Waals surface area contributed by atoms with Crippen molar-refractivity contribution >= 4 is 32.7 Å². The first kappa shape index (κ1) is 28.1. The Kier molecular flexibility index (Phi) is 8.10. The molecule has 0 spiro atoms. The summed E-state index contributed by atoms with van der Waals surface area (Å²) in [6.45, 7) is 1.85. The van der Waals surface area contributed by atoms with E-state index in [1.807, 2.05) is 30.3 Å². The van der Waals surface area contributed by atoms with Crippen LogP contribution < -0.4 is 10.0 Å². The average molecular weight is 573 g/mol. The van der Waals surface area contributed by atoms with Crippen LogP contribution in [0.4, 0.5) is 4.79 Å². The zero-order valence-corrected chi connectivity index (χ0v) is 22.6. The quantitative estimate of drug-likeness (QED) is 0.199. The summed E-state index contributed by atoms with van der Waals surface area (Å²) in [5.74, 6) is -0.270. The molecule has 5 atom stereocenters. The third-order valence-corrected chi connectivity index (χ3v) is 8.65. The van der Waals surface area contributed by atoms with Crippen LogP contribution in [0.1, 0.15) is 24.5 Å². The number of amides is 1. The van der Waals surface area contributed by atoms with Gasteiger partial charge in [0.05, 0.1) is 41.7 Å². The van der Waals surface area contributed by atoms with Crippen LogP contribution in [-0.4, -0.2) is 79.7 Å². The summed E-state index contributed by atoms with van der Waals surface area (Å²) < 4.78 is 45.2. The van der Waals surface area contributed by atoms with E-state index in [0.717, 1.165) is 12.0 Å². The molecule has 12 nitrogen and oxygen atoms in total. The van der Waals surface area contributed by atoms with Crippen molar-refractivity contribution in [1.82, 2.24) is 15.0 Å². The lowest BCUT2D eigenvalue weighted by Gasteiger charge is -2.25. The van der Waals surface area contributed by atoms with E-state index in [1.165, 1.54) is 25.1 Å². The number of sulfonamides is 1. The SMILES string of the molecule is CC(=N)c1c(O)[nH]c2ccc(S(=O)(=O)NCC(O)C(Cc3ccccc3)NC(=O)OC3COC4OCCC34)cc12. The number of aliphatic hydroxyl groups excluding tert-OH is 1. The third kappa shape index (κ3) is 5.98. The van der Waals surface area contributed by atoms with Crippen molar-refractivity contribution in [2.75, 3.05) is 19.8 Å². The number of benzene rings is 2. The molecule has 6 N–H and O–H groups in total. The Labute approximate surface area is 231 Å². The number of alkyl carbamates (subject to hydrolysis) is 1. The highest BCUT2D eigenvalue weighted by atomic mass is 32.2. The van der Waals surface area contributed by atoms with Gasteiger partial charge in [0.1, 0.15) is 6.10 Å². The number of rotatable bonds is 10. The van der Waals surface area contributed by atoms with Crippen LogP contribution in [0.2, 0.25) is 0 Å². The first-order valence-electron chi connectivity index (χ1n) is 12.9. The Morgan fingerprint density at radius 2 is 2.00 bits per heavy atom. The minimum atomic E-state index is -4.09. The minimum Gasteiger partial charge on any atom is -0.494 e. The molecular weight excluding hydrogens is 540 g/mol. The lowest BCUT2D eigenvalue weighted by atomic mass is 10.0. The first-order chi connectivity index (χ1) is 19.1. The Balaban J connectivity index is 1.28. The Bertz CT molecular complexity index is 1490. The molecular formula is C27H32N4O8S. The van der Waals surface area contributed by atoms with Gasteiger partial charge in [-0.2, -0.15) is 0 Å².